The number of carbonyl (C=O) groups is 1. The van der Waals surface area contributed by atoms with Crippen LogP contribution in [0.15, 0.2) is 24.4 Å². The van der Waals surface area contributed by atoms with Gasteiger partial charge in [0, 0.05) is 10.9 Å². The molecule has 0 saturated carbocycles. The van der Waals surface area contributed by atoms with Gasteiger partial charge in [-0.1, -0.05) is 6.07 Å². The van der Waals surface area contributed by atoms with E-state index in [0.29, 0.717) is 5.56 Å². The molecular weight excluding hydrogens is 230 g/mol. The number of hydrogen-bond donors (Lipinski definition) is 3. The Labute approximate surface area is 105 Å². The van der Waals surface area contributed by atoms with E-state index in [2.05, 4.69) is 15.5 Å². The summed E-state index contributed by atoms with van der Waals surface area (Å²) in [5, 5.41) is 20.1. The number of aromatic amines is 1. The molecule has 5 heteroatoms. The topological polar surface area (TPSA) is 78.0 Å². The summed E-state index contributed by atoms with van der Waals surface area (Å²) in [6, 6.07) is 5.32. The van der Waals surface area contributed by atoms with Gasteiger partial charge in [0.2, 0.25) is 0 Å². The smallest absolute Gasteiger partial charge is 0.251 e. The van der Waals surface area contributed by atoms with Crippen molar-refractivity contribution < 1.29 is 9.90 Å². The largest absolute Gasteiger partial charge is 0.391 e. The number of nitrogens with zero attached hydrogens (tertiary/aromatic N) is 1. The second kappa shape index (κ2) is 4.42. The molecule has 0 aliphatic rings. The second-order valence-corrected chi connectivity index (χ2v) is 5.02. The first-order valence-electron chi connectivity index (χ1n) is 5.84. The fourth-order valence-electron chi connectivity index (χ4n) is 1.55. The summed E-state index contributed by atoms with van der Waals surface area (Å²) in [6.07, 6.45) is 1.08. The molecule has 2 rings (SSSR count). The highest BCUT2D eigenvalue weighted by Crippen LogP contribution is 2.15. The fraction of sp³-hybridized carbons (Fsp3) is 0.385. The van der Waals surface area contributed by atoms with Crippen molar-refractivity contribution in [2.45, 2.75) is 32.4 Å². The van der Waals surface area contributed by atoms with Crippen LogP contribution in [0.5, 0.6) is 0 Å². The monoisotopic (exact) mass is 247 g/mol. The first-order valence-corrected chi connectivity index (χ1v) is 5.84. The minimum absolute atomic E-state index is 0.211. The van der Waals surface area contributed by atoms with Crippen LogP contribution in [0.25, 0.3) is 10.9 Å². The number of benzene rings is 1. The van der Waals surface area contributed by atoms with E-state index in [1.54, 1.807) is 39.1 Å². The molecule has 1 aromatic heterocycles. The van der Waals surface area contributed by atoms with Crippen LogP contribution in [0.4, 0.5) is 0 Å². The quantitative estimate of drug-likeness (QED) is 0.768. The number of H-pyrrole nitrogens is 1. The highest BCUT2D eigenvalue weighted by molar-refractivity contribution is 5.98. The summed E-state index contributed by atoms with van der Waals surface area (Å²) >= 11 is 0. The minimum Gasteiger partial charge on any atom is -0.391 e. The summed E-state index contributed by atoms with van der Waals surface area (Å²) in [5.74, 6) is -0.211. The van der Waals surface area contributed by atoms with Crippen molar-refractivity contribution in [2.24, 2.45) is 0 Å². The highest BCUT2D eigenvalue weighted by Gasteiger charge is 2.26. The molecule has 3 N–H and O–H groups in total. The van der Waals surface area contributed by atoms with E-state index in [4.69, 9.17) is 0 Å². The van der Waals surface area contributed by atoms with Crippen molar-refractivity contribution in [1.82, 2.24) is 15.5 Å². The molecule has 96 valence electrons. The molecule has 0 radical (unpaired) electrons. The van der Waals surface area contributed by atoms with Crippen molar-refractivity contribution in [3.8, 4) is 0 Å². The molecule has 1 unspecified atom stereocenters. The fourth-order valence-corrected chi connectivity index (χ4v) is 1.55. The van der Waals surface area contributed by atoms with Gasteiger partial charge < -0.3 is 10.4 Å². The molecule has 0 saturated heterocycles. The SMILES string of the molecule is CC(O)C(C)(C)NC(=O)c1ccc2cn[nH]c2c1. The number of rotatable bonds is 3. The standard InChI is InChI=1S/C13H17N3O2/c1-8(17)13(2,3)15-12(18)9-4-5-10-7-14-16-11(10)6-9/h4-8,17H,1-3H3,(H,14,16)(H,15,18). The van der Waals surface area contributed by atoms with Crippen molar-refractivity contribution in [2.75, 3.05) is 0 Å². The molecule has 1 amide bonds. The summed E-state index contributed by atoms with van der Waals surface area (Å²) in [6.45, 7) is 5.22. The summed E-state index contributed by atoms with van der Waals surface area (Å²) < 4.78 is 0. The van der Waals surface area contributed by atoms with Crippen LogP contribution < -0.4 is 5.32 Å². The maximum Gasteiger partial charge on any atom is 0.251 e. The van der Waals surface area contributed by atoms with E-state index < -0.39 is 11.6 Å². The zero-order chi connectivity index (χ0) is 13.3. The van der Waals surface area contributed by atoms with Gasteiger partial charge in [-0.05, 0) is 32.9 Å². The van der Waals surface area contributed by atoms with Gasteiger partial charge in [0.05, 0.1) is 23.4 Å². The minimum atomic E-state index is -0.667. The van der Waals surface area contributed by atoms with Gasteiger partial charge in [0.25, 0.3) is 5.91 Å². The van der Waals surface area contributed by atoms with Crippen molar-refractivity contribution in [1.29, 1.82) is 0 Å². The maximum atomic E-state index is 12.1. The average molecular weight is 247 g/mol. The Kier molecular flexibility index (Phi) is 3.09. The van der Waals surface area contributed by atoms with Crippen LogP contribution >= 0.6 is 0 Å². The second-order valence-electron chi connectivity index (χ2n) is 5.02. The summed E-state index contributed by atoms with van der Waals surface area (Å²) in [5.41, 5.74) is 0.693. The first-order chi connectivity index (χ1) is 8.40. The summed E-state index contributed by atoms with van der Waals surface area (Å²) in [7, 11) is 0. The van der Waals surface area contributed by atoms with Gasteiger partial charge >= 0.3 is 0 Å². The maximum absolute atomic E-state index is 12.1. The van der Waals surface area contributed by atoms with E-state index in [1.165, 1.54) is 0 Å². The molecule has 0 aliphatic carbocycles. The van der Waals surface area contributed by atoms with E-state index >= 15 is 0 Å². The Morgan fingerprint density at radius 1 is 1.50 bits per heavy atom. The molecule has 1 heterocycles. The molecular formula is C13H17N3O2. The third-order valence-electron chi connectivity index (χ3n) is 3.18. The van der Waals surface area contributed by atoms with Crippen LogP contribution in [0, 0.1) is 0 Å². The molecule has 0 spiro atoms. The lowest BCUT2D eigenvalue weighted by atomic mass is 9.98. The molecule has 5 nitrogen and oxygen atoms in total. The lowest BCUT2D eigenvalue weighted by Crippen LogP contribution is -2.50. The molecule has 18 heavy (non-hydrogen) atoms. The van der Waals surface area contributed by atoms with E-state index in [-0.39, 0.29) is 5.91 Å². The predicted octanol–water partition coefficient (Wildman–Crippen LogP) is 1.45. The van der Waals surface area contributed by atoms with Gasteiger partial charge in [-0.2, -0.15) is 5.10 Å². The van der Waals surface area contributed by atoms with Crippen molar-refractivity contribution >= 4 is 16.8 Å². The van der Waals surface area contributed by atoms with E-state index in [1.807, 2.05) is 6.07 Å². The average Bonchev–Trinajstić information content (AvgIpc) is 2.74. The molecule has 0 aliphatic heterocycles. The van der Waals surface area contributed by atoms with Crippen LogP contribution in [0.2, 0.25) is 0 Å². The van der Waals surface area contributed by atoms with Crippen LogP contribution in [-0.2, 0) is 0 Å². The number of fused-ring (bicyclic) bond motifs is 1. The molecule has 2 aromatic rings. The molecule has 1 atom stereocenters. The number of hydrogen-bond acceptors (Lipinski definition) is 3. The highest BCUT2D eigenvalue weighted by atomic mass is 16.3. The Hall–Kier alpha value is -1.88. The van der Waals surface area contributed by atoms with Crippen LogP contribution in [-0.4, -0.2) is 32.9 Å². The number of aliphatic hydroxyl groups excluding tert-OH is 1. The normalized spacial score (nSPS) is 13.6. The van der Waals surface area contributed by atoms with E-state index in [9.17, 15) is 9.90 Å². The van der Waals surface area contributed by atoms with Gasteiger partial charge in [0.1, 0.15) is 0 Å². The third-order valence-corrected chi connectivity index (χ3v) is 3.18. The zero-order valence-electron chi connectivity index (χ0n) is 10.7. The zero-order valence-corrected chi connectivity index (χ0v) is 10.7. The van der Waals surface area contributed by atoms with Gasteiger partial charge in [-0.15, -0.1) is 0 Å². The summed E-state index contributed by atoms with van der Waals surface area (Å²) in [4.78, 5) is 12.1. The number of amides is 1. The third kappa shape index (κ3) is 2.36. The Morgan fingerprint density at radius 3 is 2.89 bits per heavy atom. The number of carbonyl (C=O) groups excluding carboxylic acids is 1. The molecule has 1 aromatic carbocycles. The Bertz CT molecular complexity index is 572. The number of nitrogens with one attached hydrogen (secondary N) is 2. The molecule has 0 fully saturated rings. The first kappa shape index (κ1) is 12.6. The number of aromatic nitrogens is 2. The van der Waals surface area contributed by atoms with Gasteiger partial charge in [0.15, 0.2) is 0 Å². The molecule has 0 bridgehead atoms. The van der Waals surface area contributed by atoms with Crippen molar-refractivity contribution in [3.63, 3.8) is 0 Å². The van der Waals surface area contributed by atoms with E-state index in [0.717, 1.165) is 10.9 Å². The van der Waals surface area contributed by atoms with Crippen LogP contribution in [0.3, 0.4) is 0 Å². The van der Waals surface area contributed by atoms with Crippen LogP contribution in [0.1, 0.15) is 31.1 Å². The van der Waals surface area contributed by atoms with Crippen molar-refractivity contribution in [3.05, 3.63) is 30.0 Å². The van der Waals surface area contributed by atoms with Gasteiger partial charge in [-0.3, -0.25) is 9.89 Å². The number of aliphatic hydroxyl groups is 1. The Balaban J connectivity index is 2.23. The van der Waals surface area contributed by atoms with Gasteiger partial charge in [-0.25, -0.2) is 0 Å². The lowest BCUT2D eigenvalue weighted by Gasteiger charge is -2.29. The Morgan fingerprint density at radius 2 is 2.22 bits per heavy atom. The lowest BCUT2D eigenvalue weighted by molar-refractivity contribution is 0.0709. The predicted molar refractivity (Wildman–Crippen MR) is 69.3 cm³/mol.